The van der Waals surface area contributed by atoms with E-state index in [4.69, 9.17) is 7.85 Å². The zero-order valence-corrected chi connectivity index (χ0v) is 9.18. The second-order valence-corrected chi connectivity index (χ2v) is 2.81. The molecule has 1 aromatic rings. The summed E-state index contributed by atoms with van der Waals surface area (Å²) in [6, 6.07) is 4.20. The SMILES string of the molecule is Cl.Cl.[B]c1c(C)cc(C)cc1C. The first kappa shape index (κ1) is 14.4. The standard InChI is InChI=1S/C9H11B.2ClH/c1-6-4-7(2)9(10)8(3)5-6;;/h4-5H,1-3H3;2*1H. The van der Waals surface area contributed by atoms with Gasteiger partial charge in [-0.25, -0.2) is 0 Å². The number of hydrogen-bond acceptors (Lipinski definition) is 0. The summed E-state index contributed by atoms with van der Waals surface area (Å²) in [7, 11) is 5.75. The fourth-order valence-electron chi connectivity index (χ4n) is 1.19. The van der Waals surface area contributed by atoms with Gasteiger partial charge < -0.3 is 0 Å². The average molecular weight is 203 g/mol. The van der Waals surface area contributed by atoms with E-state index >= 15 is 0 Å². The molecule has 0 bridgehead atoms. The molecule has 0 nitrogen and oxygen atoms in total. The van der Waals surface area contributed by atoms with E-state index in [2.05, 4.69) is 19.1 Å². The Labute approximate surface area is 88.0 Å². The smallest absolute Gasteiger partial charge is 0.114 e. The fraction of sp³-hybridized carbons (Fsp3) is 0.333. The van der Waals surface area contributed by atoms with Crippen LogP contribution in [-0.2, 0) is 0 Å². The quantitative estimate of drug-likeness (QED) is 0.567. The van der Waals surface area contributed by atoms with E-state index in [-0.39, 0.29) is 24.8 Å². The first-order valence-electron chi connectivity index (χ1n) is 3.44. The maximum absolute atomic E-state index is 5.75. The van der Waals surface area contributed by atoms with Crippen molar-refractivity contribution in [3.8, 4) is 0 Å². The Kier molecular flexibility index (Phi) is 6.60. The molecule has 0 aliphatic rings. The van der Waals surface area contributed by atoms with E-state index in [1.54, 1.807) is 0 Å². The number of benzene rings is 1. The molecule has 12 heavy (non-hydrogen) atoms. The Balaban J connectivity index is 0. The molecule has 0 atom stereocenters. The van der Waals surface area contributed by atoms with Crippen LogP contribution in [0.5, 0.6) is 0 Å². The van der Waals surface area contributed by atoms with Crippen LogP contribution in [-0.4, -0.2) is 7.85 Å². The Morgan fingerprint density at radius 1 is 0.917 bits per heavy atom. The van der Waals surface area contributed by atoms with Crippen LogP contribution in [0.3, 0.4) is 0 Å². The van der Waals surface area contributed by atoms with Gasteiger partial charge in [0.05, 0.1) is 0 Å². The molecule has 66 valence electrons. The lowest BCUT2D eigenvalue weighted by molar-refractivity contribution is 1.35. The summed E-state index contributed by atoms with van der Waals surface area (Å²) in [6.45, 7) is 6.16. The Morgan fingerprint density at radius 2 is 1.25 bits per heavy atom. The lowest BCUT2D eigenvalue weighted by Gasteiger charge is -2.05. The first-order chi connectivity index (χ1) is 4.61. The summed E-state index contributed by atoms with van der Waals surface area (Å²) >= 11 is 0. The first-order valence-corrected chi connectivity index (χ1v) is 3.44. The third-order valence-electron chi connectivity index (χ3n) is 1.74. The van der Waals surface area contributed by atoms with Crippen LogP contribution in [0.4, 0.5) is 0 Å². The summed E-state index contributed by atoms with van der Waals surface area (Å²) in [5, 5.41) is 0. The van der Waals surface area contributed by atoms with Crippen molar-refractivity contribution in [2.75, 3.05) is 0 Å². The summed E-state index contributed by atoms with van der Waals surface area (Å²) < 4.78 is 0. The number of aryl methyl sites for hydroxylation is 3. The molecular weight excluding hydrogens is 190 g/mol. The van der Waals surface area contributed by atoms with Crippen molar-refractivity contribution >= 4 is 38.1 Å². The molecule has 0 aromatic heterocycles. The van der Waals surface area contributed by atoms with Crippen LogP contribution in [0, 0.1) is 20.8 Å². The molecule has 0 saturated heterocycles. The molecule has 0 unspecified atom stereocenters. The lowest BCUT2D eigenvalue weighted by atomic mass is 9.86. The van der Waals surface area contributed by atoms with Crippen LogP contribution in [0.15, 0.2) is 12.1 Å². The van der Waals surface area contributed by atoms with E-state index in [0.717, 1.165) is 5.46 Å². The predicted molar refractivity (Wildman–Crippen MR) is 60.5 cm³/mol. The lowest BCUT2D eigenvalue weighted by Crippen LogP contribution is -2.11. The summed E-state index contributed by atoms with van der Waals surface area (Å²) in [5.74, 6) is 0. The van der Waals surface area contributed by atoms with E-state index in [9.17, 15) is 0 Å². The summed E-state index contributed by atoms with van der Waals surface area (Å²) in [5.41, 5.74) is 4.56. The molecular formula is C9H13BCl2. The monoisotopic (exact) mass is 202 g/mol. The molecule has 2 radical (unpaired) electrons. The van der Waals surface area contributed by atoms with Crippen LogP contribution in [0.1, 0.15) is 16.7 Å². The molecule has 0 heterocycles. The van der Waals surface area contributed by atoms with Crippen molar-refractivity contribution in [3.63, 3.8) is 0 Å². The van der Waals surface area contributed by atoms with Gasteiger partial charge in [-0.2, -0.15) is 0 Å². The minimum atomic E-state index is 0. The van der Waals surface area contributed by atoms with Gasteiger partial charge in [-0.15, -0.1) is 24.8 Å². The van der Waals surface area contributed by atoms with Crippen molar-refractivity contribution in [2.24, 2.45) is 0 Å². The Morgan fingerprint density at radius 3 is 1.58 bits per heavy atom. The fourth-order valence-corrected chi connectivity index (χ4v) is 1.19. The minimum Gasteiger partial charge on any atom is -0.147 e. The highest BCUT2D eigenvalue weighted by Gasteiger charge is 1.95. The molecule has 1 aromatic carbocycles. The summed E-state index contributed by atoms with van der Waals surface area (Å²) in [6.07, 6.45) is 0. The minimum absolute atomic E-state index is 0. The van der Waals surface area contributed by atoms with Gasteiger partial charge in [-0.05, 0) is 20.8 Å². The summed E-state index contributed by atoms with van der Waals surface area (Å²) in [4.78, 5) is 0. The van der Waals surface area contributed by atoms with E-state index in [0.29, 0.717) is 0 Å². The molecule has 0 N–H and O–H groups in total. The van der Waals surface area contributed by atoms with E-state index in [1.165, 1.54) is 16.7 Å². The molecule has 3 heteroatoms. The topological polar surface area (TPSA) is 0 Å². The number of rotatable bonds is 0. The van der Waals surface area contributed by atoms with Crippen LogP contribution in [0.2, 0.25) is 0 Å². The average Bonchev–Trinajstić information content (AvgIpc) is 1.82. The zero-order valence-electron chi connectivity index (χ0n) is 7.55. The molecule has 0 fully saturated rings. The molecule has 0 saturated carbocycles. The molecule has 0 spiro atoms. The predicted octanol–water partition coefficient (Wildman–Crippen LogP) is 2.25. The molecule has 0 amide bonds. The van der Waals surface area contributed by atoms with Gasteiger partial charge in [0.1, 0.15) is 7.85 Å². The second-order valence-electron chi connectivity index (χ2n) is 2.81. The van der Waals surface area contributed by atoms with Crippen molar-refractivity contribution in [3.05, 3.63) is 28.8 Å². The van der Waals surface area contributed by atoms with Gasteiger partial charge in [0.15, 0.2) is 0 Å². The highest BCUT2D eigenvalue weighted by Crippen LogP contribution is 2.03. The second kappa shape index (κ2) is 5.50. The van der Waals surface area contributed by atoms with Crippen LogP contribution >= 0.6 is 24.8 Å². The van der Waals surface area contributed by atoms with Gasteiger partial charge in [0, 0.05) is 0 Å². The largest absolute Gasteiger partial charge is 0.147 e. The van der Waals surface area contributed by atoms with Crippen molar-refractivity contribution in [1.29, 1.82) is 0 Å². The highest BCUT2D eigenvalue weighted by atomic mass is 35.5. The van der Waals surface area contributed by atoms with Crippen molar-refractivity contribution in [2.45, 2.75) is 20.8 Å². The maximum atomic E-state index is 5.75. The van der Waals surface area contributed by atoms with Gasteiger partial charge in [0.2, 0.25) is 0 Å². The highest BCUT2D eigenvalue weighted by molar-refractivity contribution is 6.34. The Bertz CT molecular complexity index is 236. The van der Waals surface area contributed by atoms with Crippen LogP contribution in [0.25, 0.3) is 0 Å². The third-order valence-corrected chi connectivity index (χ3v) is 1.74. The van der Waals surface area contributed by atoms with Gasteiger partial charge in [-0.3, -0.25) is 0 Å². The van der Waals surface area contributed by atoms with Gasteiger partial charge >= 0.3 is 0 Å². The Hall–Kier alpha value is -0.135. The molecule has 1 rings (SSSR count). The van der Waals surface area contributed by atoms with Crippen molar-refractivity contribution in [1.82, 2.24) is 0 Å². The van der Waals surface area contributed by atoms with E-state index in [1.807, 2.05) is 13.8 Å². The van der Waals surface area contributed by atoms with Gasteiger partial charge in [-0.1, -0.05) is 34.3 Å². The van der Waals surface area contributed by atoms with E-state index < -0.39 is 0 Å². The molecule has 0 aliphatic carbocycles. The molecule has 0 aliphatic heterocycles. The normalized spacial score (nSPS) is 8.25. The maximum Gasteiger partial charge on any atom is 0.114 e. The van der Waals surface area contributed by atoms with Gasteiger partial charge in [0.25, 0.3) is 0 Å². The number of halogens is 2. The van der Waals surface area contributed by atoms with Crippen molar-refractivity contribution < 1.29 is 0 Å². The third kappa shape index (κ3) is 3.08. The number of hydrogen-bond donors (Lipinski definition) is 0. The van der Waals surface area contributed by atoms with Crippen LogP contribution < -0.4 is 5.46 Å². The zero-order chi connectivity index (χ0) is 7.72.